The molecule has 1 N–H and O–H groups in total. The van der Waals surface area contributed by atoms with Crippen LogP contribution in [0.2, 0.25) is 5.02 Å². The van der Waals surface area contributed by atoms with E-state index in [4.69, 9.17) is 11.6 Å². The van der Waals surface area contributed by atoms with Crippen LogP contribution >= 0.6 is 11.6 Å². The molecule has 1 fully saturated rings. The van der Waals surface area contributed by atoms with Gasteiger partial charge in [-0.2, -0.15) is 0 Å². The second kappa shape index (κ2) is 8.85. The fourth-order valence-corrected chi connectivity index (χ4v) is 3.03. The van der Waals surface area contributed by atoms with Gasteiger partial charge in [0.1, 0.15) is 6.04 Å². The third-order valence-corrected chi connectivity index (χ3v) is 4.51. The van der Waals surface area contributed by atoms with Gasteiger partial charge in [0.05, 0.1) is 0 Å². The van der Waals surface area contributed by atoms with E-state index in [2.05, 4.69) is 5.32 Å². The van der Waals surface area contributed by atoms with Gasteiger partial charge in [0.2, 0.25) is 11.8 Å². The molecule has 0 spiro atoms. The van der Waals surface area contributed by atoms with E-state index in [1.54, 1.807) is 43.3 Å². The molecule has 1 aromatic carbocycles. The molecule has 1 unspecified atom stereocenters. The number of likely N-dealkylation sites (tertiary alicyclic amines) is 1. The summed E-state index contributed by atoms with van der Waals surface area (Å²) in [6.07, 6.45) is 2.43. The van der Waals surface area contributed by atoms with Crippen molar-refractivity contribution >= 4 is 29.3 Å². The number of carbonyl (C=O) groups excluding carboxylic acids is 3. The Morgan fingerprint density at radius 1 is 1.24 bits per heavy atom. The van der Waals surface area contributed by atoms with Gasteiger partial charge >= 0.3 is 0 Å². The standard InChI is InChI=1S/C18H24ClN3O3/c1-21(2)18(25)15-5-4-12-22(15)16(23)6-3-11-20-17(24)13-7-9-14(19)10-8-13/h7-10,15H,3-6,11-12H2,1-2H3,(H,20,24). The van der Waals surface area contributed by atoms with Crippen molar-refractivity contribution in [1.82, 2.24) is 15.1 Å². The van der Waals surface area contributed by atoms with Gasteiger partial charge in [-0.3, -0.25) is 14.4 Å². The maximum absolute atomic E-state index is 12.4. The molecular formula is C18H24ClN3O3. The minimum Gasteiger partial charge on any atom is -0.352 e. The molecule has 0 radical (unpaired) electrons. The van der Waals surface area contributed by atoms with Crippen LogP contribution in [0.5, 0.6) is 0 Å². The van der Waals surface area contributed by atoms with Crippen LogP contribution in [-0.2, 0) is 9.59 Å². The predicted octanol–water partition coefficient (Wildman–Crippen LogP) is 1.93. The van der Waals surface area contributed by atoms with Gasteiger partial charge in [0.25, 0.3) is 5.91 Å². The maximum atomic E-state index is 12.4. The first-order valence-electron chi connectivity index (χ1n) is 8.44. The monoisotopic (exact) mass is 365 g/mol. The summed E-state index contributed by atoms with van der Waals surface area (Å²) in [6, 6.07) is 6.30. The second-order valence-electron chi connectivity index (χ2n) is 6.34. The molecule has 25 heavy (non-hydrogen) atoms. The molecule has 1 aliphatic rings. The highest BCUT2D eigenvalue weighted by molar-refractivity contribution is 6.30. The maximum Gasteiger partial charge on any atom is 0.251 e. The first kappa shape index (κ1) is 19.2. The summed E-state index contributed by atoms with van der Waals surface area (Å²) in [6.45, 7) is 1.04. The average Bonchev–Trinajstić information content (AvgIpc) is 3.07. The van der Waals surface area contributed by atoms with E-state index in [0.717, 1.165) is 12.8 Å². The van der Waals surface area contributed by atoms with Gasteiger partial charge in [-0.1, -0.05) is 11.6 Å². The molecule has 6 nitrogen and oxygen atoms in total. The summed E-state index contributed by atoms with van der Waals surface area (Å²) in [5.41, 5.74) is 0.534. The molecule has 1 saturated heterocycles. The van der Waals surface area contributed by atoms with E-state index in [-0.39, 0.29) is 23.8 Å². The molecule has 1 aliphatic heterocycles. The normalized spacial score (nSPS) is 16.6. The van der Waals surface area contributed by atoms with E-state index in [0.29, 0.717) is 36.5 Å². The summed E-state index contributed by atoms with van der Waals surface area (Å²) in [4.78, 5) is 39.7. The van der Waals surface area contributed by atoms with Crippen molar-refractivity contribution in [2.24, 2.45) is 0 Å². The zero-order chi connectivity index (χ0) is 18.4. The second-order valence-corrected chi connectivity index (χ2v) is 6.78. The Balaban J connectivity index is 1.75. The minimum absolute atomic E-state index is 0.0260. The summed E-state index contributed by atoms with van der Waals surface area (Å²) in [5, 5.41) is 3.37. The first-order valence-corrected chi connectivity index (χ1v) is 8.82. The lowest BCUT2D eigenvalue weighted by Crippen LogP contribution is -2.45. The van der Waals surface area contributed by atoms with Crippen LogP contribution in [0.25, 0.3) is 0 Å². The quantitative estimate of drug-likeness (QED) is 0.783. The van der Waals surface area contributed by atoms with Crippen molar-refractivity contribution in [2.75, 3.05) is 27.2 Å². The van der Waals surface area contributed by atoms with Gasteiger partial charge in [0.15, 0.2) is 0 Å². The van der Waals surface area contributed by atoms with Crippen LogP contribution in [0.4, 0.5) is 0 Å². The molecule has 0 bridgehead atoms. The summed E-state index contributed by atoms with van der Waals surface area (Å²) < 4.78 is 0. The number of nitrogens with one attached hydrogen (secondary N) is 1. The van der Waals surface area contributed by atoms with E-state index in [9.17, 15) is 14.4 Å². The van der Waals surface area contributed by atoms with E-state index >= 15 is 0 Å². The zero-order valence-electron chi connectivity index (χ0n) is 14.6. The highest BCUT2D eigenvalue weighted by atomic mass is 35.5. The van der Waals surface area contributed by atoms with Gasteiger partial charge in [0, 0.05) is 44.2 Å². The number of nitrogens with zero attached hydrogens (tertiary/aromatic N) is 2. The Hall–Kier alpha value is -2.08. The van der Waals surface area contributed by atoms with Crippen LogP contribution in [-0.4, -0.2) is 60.7 Å². The van der Waals surface area contributed by atoms with Crippen molar-refractivity contribution in [2.45, 2.75) is 31.7 Å². The van der Waals surface area contributed by atoms with Gasteiger partial charge in [-0.25, -0.2) is 0 Å². The molecule has 2 rings (SSSR count). The molecule has 0 saturated carbocycles. The molecule has 0 aromatic heterocycles. The minimum atomic E-state index is -0.342. The van der Waals surface area contributed by atoms with Crippen LogP contribution in [0, 0.1) is 0 Å². The number of carbonyl (C=O) groups is 3. The fraction of sp³-hybridized carbons (Fsp3) is 0.500. The molecule has 0 aliphatic carbocycles. The third kappa shape index (κ3) is 5.19. The predicted molar refractivity (Wildman–Crippen MR) is 96.4 cm³/mol. The van der Waals surface area contributed by atoms with E-state index in [1.165, 1.54) is 4.90 Å². The molecule has 1 heterocycles. The lowest BCUT2D eigenvalue weighted by Gasteiger charge is -2.26. The van der Waals surface area contributed by atoms with Crippen molar-refractivity contribution in [3.63, 3.8) is 0 Å². The number of halogens is 1. The Morgan fingerprint density at radius 3 is 2.56 bits per heavy atom. The Kier molecular flexibility index (Phi) is 6.82. The highest BCUT2D eigenvalue weighted by Gasteiger charge is 2.34. The number of benzene rings is 1. The van der Waals surface area contributed by atoms with Crippen LogP contribution in [0.1, 0.15) is 36.0 Å². The smallest absolute Gasteiger partial charge is 0.251 e. The van der Waals surface area contributed by atoms with Crippen molar-refractivity contribution in [3.8, 4) is 0 Å². The van der Waals surface area contributed by atoms with E-state index < -0.39 is 0 Å². The lowest BCUT2D eigenvalue weighted by atomic mass is 10.2. The molecule has 1 aromatic rings. The van der Waals surface area contributed by atoms with Crippen LogP contribution in [0.15, 0.2) is 24.3 Å². The summed E-state index contributed by atoms with van der Waals surface area (Å²) in [5.74, 6) is -0.244. The average molecular weight is 366 g/mol. The van der Waals surface area contributed by atoms with Crippen molar-refractivity contribution < 1.29 is 14.4 Å². The largest absolute Gasteiger partial charge is 0.352 e. The molecule has 136 valence electrons. The third-order valence-electron chi connectivity index (χ3n) is 4.26. The molecule has 1 atom stereocenters. The highest BCUT2D eigenvalue weighted by Crippen LogP contribution is 2.20. The lowest BCUT2D eigenvalue weighted by molar-refractivity contribution is -0.142. The number of likely N-dealkylation sites (N-methyl/N-ethyl adjacent to an activating group) is 1. The molecular weight excluding hydrogens is 342 g/mol. The van der Waals surface area contributed by atoms with Gasteiger partial charge in [-0.05, 0) is 43.5 Å². The molecule has 7 heteroatoms. The van der Waals surface area contributed by atoms with E-state index in [1.807, 2.05) is 0 Å². The number of rotatable bonds is 6. The molecule has 3 amide bonds. The van der Waals surface area contributed by atoms with Crippen LogP contribution < -0.4 is 5.32 Å². The number of amides is 3. The Morgan fingerprint density at radius 2 is 1.92 bits per heavy atom. The van der Waals surface area contributed by atoms with Gasteiger partial charge in [-0.15, -0.1) is 0 Å². The topological polar surface area (TPSA) is 69.7 Å². The number of hydrogen-bond acceptors (Lipinski definition) is 3. The first-order chi connectivity index (χ1) is 11.9. The van der Waals surface area contributed by atoms with Crippen molar-refractivity contribution in [1.29, 1.82) is 0 Å². The SMILES string of the molecule is CN(C)C(=O)C1CCCN1C(=O)CCCNC(=O)c1ccc(Cl)cc1. The Labute approximate surface area is 153 Å². The Bertz CT molecular complexity index is 631. The van der Waals surface area contributed by atoms with Gasteiger partial charge < -0.3 is 15.1 Å². The summed E-state index contributed by atoms with van der Waals surface area (Å²) in [7, 11) is 3.41. The summed E-state index contributed by atoms with van der Waals surface area (Å²) >= 11 is 5.79. The van der Waals surface area contributed by atoms with Crippen LogP contribution in [0.3, 0.4) is 0 Å². The fourth-order valence-electron chi connectivity index (χ4n) is 2.91. The zero-order valence-corrected chi connectivity index (χ0v) is 15.4. The van der Waals surface area contributed by atoms with Crippen molar-refractivity contribution in [3.05, 3.63) is 34.9 Å². The number of hydrogen-bond donors (Lipinski definition) is 1.